The normalized spacial score (nSPS) is 8.63. The summed E-state index contributed by atoms with van der Waals surface area (Å²) in [6.07, 6.45) is 12.5. The van der Waals surface area contributed by atoms with Crippen LogP contribution in [-0.4, -0.2) is 12.6 Å². The van der Waals surface area contributed by atoms with E-state index >= 15 is 0 Å². The van der Waals surface area contributed by atoms with Crippen molar-refractivity contribution in [1.29, 1.82) is 5.26 Å². The fourth-order valence-corrected chi connectivity index (χ4v) is 1.47. The maximum absolute atomic E-state index is 10.7. The van der Waals surface area contributed by atoms with Gasteiger partial charge < -0.3 is 4.74 Å². The van der Waals surface area contributed by atoms with Gasteiger partial charge in [0.2, 0.25) is 0 Å². The Bertz CT molecular complexity index is 266. The average molecular weight is 265 g/mol. The summed E-state index contributed by atoms with van der Waals surface area (Å²) in [4.78, 5) is 10.7. The van der Waals surface area contributed by atoms with Gasteiger partial charge in [0, 0.05) is 12.2 Å². The Morgan fingerprint density at radius 2 is 1.58 bits per heavy atom. The van der Waals surface area contributed by atoms with Crippen LogP contribution >= 0.6 is 0 Å². The molecule has 0 fully saturated rings. The van der Waals surface area contributed by atoms with Crippen molar-refractivity contribution in [3.8, 4) is 6.07 Å². The van der Waals surface area contributed by atoms with Crippen molar-refractivity contribution in [2.24, 2.45) is 0 Å². The van der Waals surface area contributed by atoms with Crippen LogP contribution in [0.3, 0.4) is 0 Å². The molecule has 3 nitrogen and oxygen atoms in total. The first-order chi connectivity index (χ1) is 9.22. The number of unbranched alkanes of at least 4 members (excludes halogenated alkanes) is 7. The molecule has 0 saturated heterocycles. The van der Waals surface area contributed by atoms with Crippen LogP contribution in [0.25, 0.3) is 0 Å². The minimum atomic E-state index is -0.307. The van der Waals surface area contributed by atoms with Crippen LogP contribution in [0.1, 0.15) is 58.3 Å². The molecular formula is C16H27NO2. The summed E-state index contributed by atoms with van der Waals surface area (Å²) in [5, 5.41) is 7.51. The van der Waals surface area contributed by atoms with Gasteiger partial charge in [-0.05, 0) is 6.42 Å². The second-order valence-electron chi connectivity index (χ2n) is 4.18. The molecule has 0 spiro atoms. The average Bonchev–Trinajstić information content (AvgIpc) is 2.45. The maximum Gasteiger partial charge on any atom is 0.330 e. The first-order valence-corrected chi connectivity index (χ1v) is 7.02. The molecule has 19 heavy (non-hydrogen) atoms. The fourth-order valence-electron chi connectivity index (χ4n) is 1.47. The highest BCUT2D eigenvalue weighted by Crippen LogP contribution is 2.08. The van der Waals surface area contributed by atoms with Crippen LogP contribution in [0.4, 0.5) is 0 Å². The number of nitriles is 1. The van der Waals surface area contributed by atoms with E-state index in [4.69, 9.17) is 10.00 Å². The van der Waals surface area contributed by atoms with Crippen molar-refractivity contribution in [3.63, 3.8) is 0 Å². The molecule has 0 aromatic rings. The number of hydrogen-bond donors (Lipinski definition) is 0. The first kappa shape index (κ1) is 19.8. The largest absolute Gasteiger partial charge is 0.463 e. The molecule has 0 unspecified atom stereocenters. The molecule has 0 heterocycles. The zero-order chi connectivity index (χ0) is 14.8. The summed E-state index contributed by atoms with van der Waals surface area (Å²) in [5.41, 5.74) is 0. The van der Waals surface area contributed by atoms with E-state index in [0.717, 1.165) is 12.8 Å². The third kappa shape index (κ3) is 22.2. The Balaban J connectivity index is 0. The number of ether oxygens (including phenoxy) is 1. The van der Waals surface area contributed by atoms with Gasteiger partial charge in [0.1, 0.15) is 0 Å². The summed E-state index contributed by atoms with van der Waals surface area (Å²) in [7, 11) is 0. The number of esters is 1. The Morgan fingerprint density at radius 1 is 1.11 bits per heavy atom. The molecule has 0 aliphatic heterocycles. The highest BCUT2D eigenvalue weighted by Gasteiger charge is 1.95. The Labute approximate surface area is 118 Å². The van der Waals surface area contributed by atoms with Gasteiger partial charge in [0.25, 0.3) is 0 Å². The molecule has 0 aromatic heterocycles. The Hall–Kier alpha value is -1.56. The van der Waals surface area contributed by atoms with Crippen molar-refractivity contribution >= 4 is 5.97 Å². The lowest BCUT2D eigenvalue weighted by molar-refractivity contribution is -0.137. The minimum absolute atomic E-state index is 0.307. The number of rotatable bonds is 10. The second-order valence-corrected chi connectivity index (χ2v) is 4.18. The second kappa shape index (κ2) is 18.8. The van der Waals surface area contributed by atoms with Gasteiger partial charge in [-0.2, -0.15) is 5.26 Å². The predicted octanol–water partition coefficient (Wildman–Crippen LogP) is 4.55. The van der Waals surface area contributed by atoms with Crippen LogP contribution < -0.4 is 0 Å². The quantitative estimate of drug-likeness (QED) is 0.252. The van der Waals surface area contributed by atoms with Crippen molar-refractivity contribution in [2.75, 3.05) is 6.61 Å². The molecule has 0 aliphatic carbocycles. The highest BCUT2D eigenvalue weighted by molar-refractivity contribution is 5.81. The molecule has 3 heteroatoms. The van der Waals surface area contributed by atoms with E-state index in [2.05, 4.69) is 20.1 Å². The topological polar surface area (TPSA) is 50.1 Å². The van der Waals surface area contributed by atoms with Crippen LogP contribution in [-0.2, 0) is 9.53 Å². The number of allylic oxidation sites excluding steroid dienone is 1. The lowest BCUT2D eigenvalue weighted by Gasteiger charge is -2.02. The molecule has 108 valence electrons. The molecule has 0 radical (unpaired) electrons. The van der Waals surface area contributed by atoms with Crippen molar-refractivity contribution in [1.82, 2.24) is 0 Å². The van der Waals surface area contributed by atoms with Crippen molar-refractivity contribution in [2.45, 2.75) is 58.3 Å². The molecule has 0 rings (SSSR count). The molecule has 0 saturated carbocycles. The van der Waals surface area contributed by atoms with E-state index in [1.807, 2.05) is 0 Å². The third-order valence-electron chi connectivity index (χ3n) is 2.50. The van der Waals surface area contributed by atoms with Crippen molar-refractivity contribution in [3.05, 3.63) is 25.3 Å². The van der Waals surface area contributed by atoms with E-state index in [1.54, 1.807) is 6.07 Å². The molecule has 0 aliphatic rings. The summed E-state index contributed by atoms with van der Waals surface area (Å²) >= 11 is 0. The zero-order valence-electron chi connectivity index (χ0n) is 12.2. The van der Waals surface area contributed by atoms with Gasteiger partial charge in [-0.3, -0.25) is 0 Å². The van der Waals surface area contributed by atoms with Crippen molar-refractivity contribution < 1.29 is 9.53 Å². The van der Waals surface area contributed by atoms with Crippen LogP contribution in [0.5, 0.6) is 0 Å². The minimum Gasteiger partial charge on any atom is -0.463 e. The van der Waals surface area contributed by atoms with E-state index in [0.29, 0.717) is 6.61 Å². The number of hydrogen-bond acceptors (Lipinski definition) is 3. The molecule has 0 aromatic carbocycles. The van der Waals surface area contributed by atoms with E-state index < -0.39 is 0 Å². The predicted molar refractivity (Wildman–Crippen MR) is 79.6 cm³/mol. The number of nitrogens with zero attached hydrogens (tertiary/aromatic N) is 1. The number of carbonyl (C=O) groups excluding carboxylic acids is 1. The molecule has 0 bridgehead atoms. The van der Waals surface area contributed by atoms with Gasteiger partial charge in [0.05, 0.1) is 12.7 Å². The number of carbonyl (C=O) groups is 1. The summed E-state index contributed by atoms with van der Waals surface area (Å²) < 4.78 is 4.88. The zero-order valence-corrected chi connectivity index (χ0v) is 12.2. The smallest absolute Gasteiger partial charge is 0.330 e. The fraction of sp³-hybridized carbons (Fsp3) is 0.625. The first-order valence-electron chi connectivity index (χ1n) is 7.02. The van der Waals surface area contributed by atoms with Gasteiger partial charge in [-0.25, -0.2) is 4.79 Å². The van der Waals surface area contributed by atoms with Gasteiger partial charge >= 0.3 is 5.97 Å². The summed E-state index contributed by atoms with van der Waals surface area (Å²) in [5.74, 6) is -0.307. The van der Waals surface area contributed by atoms with Crippen LogP contribution in [0.15, 0.2) is 25.3 Å². The van der Waals surface area contributed by atoms with E-state index in [1.165, 1.54) is 50.7 Å². The summed E-state index contributed by atoms with van der Waals surface area (Å²) in [6.45, 7) is 9.23. The molecule has 0 N–H and O–H groups in total. The maximum atomic E-state index is 10.7. The monoisotopic (exact) mass is 265 g/mol. The lowest BCUT2D eigenvalue weighted by Crippen LogP contribution is -2.01. The molecular weight excluding hydrogens is 238 g/mol. The highest BCUT2D eigenvalue weighted by atomic mass is 16.5. The molecule has 0 amide bonds. The SMILES string of the molecule is C=CC#N.C=CC(=O)OCCCCCCCCCC. The van der Waals surface area contributed by atoms with E-state index in [-0.39, 0.29) is 5.97 Å². The van der Waals surface area contributed by atoms with Crippen LogP contribution in [0, 0.1) is 11.3 Å². The van der Waals surface area contributed by atoms with E-state index in [9.17, 15) is 4.79 Å². The Morgan fingerprint density at radius 3 is 2.00 bits per heavy atom. The standard InChI is InChI=1S/C13H24O2.C3H3N/c1-3-5-6-7-8-9-10-11-12-15-13(14)4-2;1-2-3-4/h4H,2-3,5-12H2,1H3;2H,1H2. The Kier molecular flexibility index (Phi) is 19.6. The van der Waals surface area contributed by atoms with Gasteiger partial charge in [0.15, 0.2) is 0 Å². The van der Waals surface area contributed by atoms with Gasteiger partial charge in [-0.15, -0.1) is 0 Å². The lowest BCUT2D eigenvalue weighted by atomic mass is 10.1. The van der Waals surface area contributed by atoms with Gasteiger partial charge in [-0.1, -0.05) is 65.0 Å². The van der Waals surface area contributed by atoms with Crippen LogP contribution in [0.2, 0.25) is 0 Å². The molecule has 0 atom stereocenters. The third-order valence-corrected chi connectivity index (χ3v) is 2.50. The summed E-state index contributed by atoms with van der Waals surface area (Å²) in [6, 6.07) is 1.69.